The molecule has 0 bridgehead atoms. The van der Waals surface area contributed by atoms with Crippen LogP contribution < -0.4 is 9.47 Å². The van der Waals surface area contributed by atoms with Crippen molar-refractivity contribution in [3.63, 3.8) is 0 Å². The number of halogens is 1. The van der Waals surface area contributed by atoms with E-state index >= 15 is 0 Å². The number of benzene rings is 1. The molecule has 1 aromatic carbocycles. The zero-order valence-electron chi connectivity index (χ0n) is 10.2. The van der Waals surface area contributed by atoms with Gasteiger partial charge in [0.1, 0.15) is 21.9 Å². The van der Waals surface area contributed by atoms with Crippen LogP contribution in [0.25, 0.3) is 0 Å². The molecule has 0 spiro atoms. The van der Waals surface area contributed by atoms with Crippen molar-refractivity contribution >= 4 is 15.9 Å². The van der Waals surface area contributed by atoms with Crippen LogP contribution in [0, 0.1) is 0 Å². The van der Waals surface area contributed by atoms with E-state index in [2.05, 4.69) is 25.9 Å². The maximum Gasteiger partial charge on any atom is 0.223 e. The molecule has 0 unspecified atom stereocenters. The Labute approximate surface area is 114 Å². The molecule has 2 rings (SSSR count). The summed E-state index contributed by atoms with van der Waals surface area (Å²) in [5.41, 5.74) is 0. The number of aromatic nitrogens is 2. The van der Waals surface area contributed by atoms with Crippen molar-refractivity contribution < 1.29 is 9.47 Å². The summed E-state index contributed by atoms with van der Waals surface area (Å²) in [5, 5.41) is 0. The average Bonchev–Trinajstić information content (AvgIpc) is 2.38. The van der Waals surface area contributed by atoms with E-state index in [-0.39, 0.29) is 0 Å². The zero-order chi connectivity index (χ0) is 13.0. The number of aryl methyl sites for hydroxylation is 1. The molecule has 0 saturated carbocycles. The van der Waals surface area contributed by atoms with Crippen LogP contribution in [-0.2, 0) is 6.42 Å². The first-order valence-corrected chi connectivity index (χ1v) is 6.36. The highest BCUT2D eigenvalue weighted by atomic mass is 79.9. The molecule has 0 N–H and O–H groups in total. The molecule has 1 aromatic heterocycles. The van der Waals surface area contributed by atoms with Crippen LogP contribution in [0.15, 0.2) is 34.9 Å². The first-order chi connectivity index (χ1) is 8.71. The van der Waals surface area contributed by atoms with Crippen molar-refractivity contribution in [2.45, 2.75) is 13.3 Å². The SMILES string of the molecule is CCc1nc(Br)cc(Oc2cccc(OC)c2)n1. The molecule has 2 aromatic rings. The molecule has 0 amide bonds. The predicted molar refractivity (Wildman–Crippen MR) is 72.2 cm³/mol. The van der Waals surface area contributed by atoms with E-state index in [1.807, 2.05) is 31.2 Å². The van der Waals surface area contributed by atoms with Gasteiger partial charge >= 0.3 is 0 Å². The van der Waals surface area contributed by atoms with Gasteiger partial charge in [0.05, 0.1) is 7.11 Å². The van der Waals surface area contributed by atoms with Gasteiger partial charge in [-0.3, -0.25) is 0 Å². The largest absolute Gasteiger partial charge is 0.497 e. The number of nitrogens with zero attached hydrogens (tertiary/aromatic N) is 2. The van der Waals surface area contributed by atoms with Gasteiger partial charge in [-0.05, 0) is 28.1 Å². The minimum atomic E-state index is 0.516. The van der Waals surface area contributed by atoms with E-state index in [0.29, 0.717) is 16.2 Å². The second kappa shape index (κ2) is 5.82. The van der Waals surface area contributed by atoms with Gasteiger partial charge in [-0.2, -0.15) is 4.98 Å². The highest BCUT2D eigenvalue weighted by molar-refractivity contribution is 9.10. The fourth-order valence-electron chi connectivity index (χ4n) is 1.44. The molecule has 4 nitrogen and oxygen atoms in total. The Morgan fingerprint density at radius 3 is 2.67 bits per heavy atom. The lowest BCUT2D eigenvalue weighted by Gasteiger charge is -2.07. The maximum atomic E-state index is 5.68. The third kappa shape index (κ3) is 3.20. The highest BCUT2D eigenvalue weighted by Gasteiger charge is 2.04. The molecule has 0 aliphatic heterocycles. The van der Waals surface area contributed by atoms with E-state index in [4.69, 9.17) is 9.47 Å². The van der Waals surface area contributed by atoms with Crippen LogP contribution in [0.5, 0.6) is 17.4 Å². The summed E-state index contributed by atoms with van der Waals surface area (Å²) >= 11 is 3.34. The van der Waals surface area contributed by atoms with E-state index in [9.17, 15) is 0 Å². The quantitative estimate of drug-likeness (QED) is 0.809. The first-order valence-electron chi connectivity index (χ1n) is 5.56. The summed E-state index contributed by atoms with van der Waals surface area (Å²) in [6.45, 7) is 2.00. The summed E-state index contributed by atoms with van der Waals surface area (Å²) in [6, 6.07) is 9.12. The van der Waals surface area contributed by atoms with E-state index in [1.165, 1.54) is 0 Å². The molecule has 0 radical (unpaired) electrons. The summed E-state index contributed by atoms with van der Waals surface area (Å²) in [4.78, 5) is 8.53. The molecule has 0 aliphatic rings. The Kier molecular flexibility index (Phi) is 4.15. The number of hydrogen-bond acceptors (Lipinski definition) is 4. The average molecular weight is 309 g/mol. The Balaban J connectivity index is 2.24. The normalized spacial score (nSPS) is 10.2. The van der Waals surface area contributed by atoms with E-state index in [1.54, 1.807) is 13.2 Å². The maximum absolute atomic E-state index is 5.68. The van der Waals surface area contributed by atoms with Crippen LogP contribution in [0.2, 0.25) is 0 Å². The lowest BCUT2D eigenvalue weighted by Crippen LogP contribution is -1.96. The molecule has 0 aliphatic carbocycles. The fraction of sp³-hybridized carbons (Fsp3) is 0.231. The molecular formula is C13H13BrN2O2. The van der Waals surface area contributed by atoms with Gasteiger partial charge < -0.3 is 9.47 Å². The van der Waals surface area contributed by atoms with Gasteiger partial charge in [0.15, 0.2) is 0 Å². The lowest BCUT2D eigenvalue weighted by molar-refractivity contribution is 0.407. The minimum Gasteiger partial charge on any atom is -0.497 e. The standard InChI is InChI=1S/C13H13BrN2O2/c1-3-12-15-11(14)8-13(16-12)18-10-6-4-5-9(7-10)17-2/h4-8H,3H2,1-2H3. The van der Waals surface area contributed by atoms with Gasteiger partial charge in [-0.15, -0.1) is 0 Å². The zero-order valence-corrected chi connectivity index (χ0v) is 11.8. The molecule has 5 heteroatoms. The van der Waals surface area contributed by atoms with Crippen molar-refractivity contribution in [2.75, 3.05) is 7.11 Å². The molecular weight excluding hydrogens is 296 g/mol. The summed E-state index contributed by atoms with van der Waals surface area (Å²) < 4.78 is 11.5. The lowest BCUT2D eigenvalue weighted by atomic mass is 10.3. The van der Waals surface area contributed by atoms with Crippen LogP contribution in [-0.4, -0.2) is 17.1 Å². The Bertz CT molecular complexity index is 546. The second-order valence-electron chi connectivity index (χ2n) is 3.58. The highest BCUT2D eigenvalue weighted by Crippen LogP contribution is 2.25. The Morgan fingerprint density at radius 1 is 1.17 bits per heavy atom. The molecule has 0 fully saturated rings. The van der Waals surface area contributed by atoms with Gasteiger partial charge in [-0.1, -0.05) is 13.0 Å². The van der Waals surface area contributed by atoms with Gasteiger partial charge in [0.25, 0.3) is 0 Å². The van der Waals surface area contributed by atoms with Gasteiger partial charge in [0.2, 0.25) is 5.88 Å². The number of hydrogen-bond donors (Lipinski definition) is 0. The smallest absolute Gasteiger partial charge is 0.223 e. The second-order valence-corrected chi connectivity index (χ2v) is 4.39. The number of methoxy groups -OCH3 is 1. The number of rotatable bonds is 4. The van der Waals surface area contributed by atoms with E-state index < -0.39 is 0 Å². The molecule has 0 saturated heterocycles. The molecule has 94 valence electrons. The molecule has 18 heavy (non-hydrogen) atoms. The fourth-order valence-corrected chi connectivity index (χ4v) is 1.84. The predicted octanol–water partition coefficient (Wildman–Crippen LogP) is 3.60. The molecule has 1 heterocycles. The van der Waals surface area contributed by atoms with Crippen molar-refractivity contribution in [1.29, 1.82) is 0 Å². The van der Waals surface area contributed by atoms with Gasteiger partial charge in [-0.25, -0.2) is 4.98 Å². The van der Waals surface area contributed by atoms with Crippen LogP contribution in [0.1, 0.15) is 12.7 Å². The third-order valence-electron chi connectivity index (χ3n) is 2.30. The Hall–Kier alpha value is -1.62. The summed E-state index contributed by atoms with van der Waals surface area (Å²) in [7, 11) is 1.62. The van der Waals surface area contributed by atoms with Crippen molar-refractivity contribution in [3.8, 4) is 17.4 Å². The van der Waals surface area contributed by atoms with Crippen molar-refractivity contribution in [1.82, 2.24) is 9.97 Å². The summed E-state index contributed by atoms with van der Waals surface area (Å²) in [6.07, 6.45) is 0.758. The minimum absolute atomic E-state index is 0.516. The summed E-state index contributed by atoms with van der Waals surface area (Å²) in [5.74, 6) is 2.68. The van der Waals surface area contributed by atoms with Gasteiger partial charge in [0, 0.05) is 18.6 Å². The first kappa shape index (κ1) is 12.8. The van der Waals surface area contributed by atoms with Crippen LogP contribution in [0.4, 0.5) is 0 Å². The van der Waals surface area contributed by atoms with Crippen LogP contribution >= 0.6 is 15.9 Å². The topological polar surface area (TPSA) is 44.2 Å². The van der Waals surface area contributed by atoms with E-state index in [0.717, 1.165) is 18.0 Å². The monoisotopic (exact) mass is 308 g/mol. The van der Waals surface area contributed by atoms with Crippen molar-refractivity contribution in [2.24, 2.45) is 0 Å². The van der Waals surface area contributed by atoms with Crippen molar-refractivity contribution in [3.05, 3.63) is 40.8 Å². The third-order valence-corrected chi connectivity index (χ3v) is 2.70. The Morgan fingerprint density at radius 2 is 1.94 bits per heavy atom. The van der Waals surface area contributed by atoms with Crippen LogP contribution in [0.3, 0.4) is 0 Å². The molecule has 0 atom stereocenters. The number of ether oxygens (including phenoxy) is 2.